The number of benzene rings is 2. The van der Waals surface area contributed by atoms with Gasteiger partial charge in [0, 0.05) is 34.5 Å². The van der Waals surface area contributed by atoms with Crippen molar-refractivity contribution in [2.75, 3.05) is 6.26 Å². The first-order valence-corrected chi connectivity index (χ1v) is 9.96. The molecule has 23 heavy (non-hydrogen) atoms. The Balaban J connectivity index is 1.70. The predicted octanol–water partition coefficient (Wildman–Crippen LogP) is 4.97. The van der Waals surface area contributed by atoms with Gasteiger partial charge in [0.25, 0.3) is 0 Å². The Kier molecular flexibility index (Phi) is 5.42. The topological polar surface area (TPSA) is 29.1 Å². The molecule has 2 aromatic carbocycles. The van der Waals surface area contributed by atoms with Crippen molar-refractivity contribution in [1.29, 1.82) is 0 Å². The van der Waals surface area contributed by atoms with Crippen molar-refractivity contribution in [2.24, 2.45) is 5.92 Å². The van der Waals surface area contributed by atoms with Crippen LogP contribution in [-0.4, -0.2) is 10.5 Å². The van der Waals surface area contributed by atoms with Crippen molar-refractivity contribution in [3.8, 4) is 0 Å². The highest BCUT2D eigenvalue weighted by Gasteiger charge is 2.32. The molecule has 0 bridgehead atoms. The minimum atomic E-state index is -0.929. The van der Waals surface area contributed by atoms with Crippen molar-refractivity contribution in [2.45, 2.75) is 30.3 Å². The molecule has 122 valence electrons. The van der Waals surface area contributed by atoms with Crippen LogP contribution in [0.3, 0.4) is 0 Å². The molecule has 0 radical (unpaired) electrons. The lowest BCUT2D eigenvalue weighted by Crippen LogP contribution is -2.22. The van der Waals surface area contributed by atoms with Gasteiger partial charge in [0.05, 0.1) is 10.0 Å². The second kappa shape index (κ2) is 7.35. The van der Waals surface area contributed by atoms with Crippen LogP contribution in [0.25, 0.3) is 0 Å². The van der Waals surface area contributed by atoms with Crippen LogP contribution in [0.15, 0.2) is 47.4 Å². The van der Waals surface area contributed by atoms with Gasteiger partial charge in [0.2, 0.25) is 0 Å². The monoisotopic (exact) mass is 367 g/mol. The third kappa shape index (κ3) is 4.36. The van der Waals surface area contributed by atoms with Crippen LogP contribution < -0.4 is 5.32 Å². The fraction of sp³-hybridized carbons (Fsp3) is 0.333. The third-order valence-corrected chi connectivity index (χ3v) is 5.85. The van der Waals surface area contributed by atoms with Crippen molar-refractivity contribution in [3.05, 3.63) is 63.6 Å². The molecule has 0 heterocycles. The molecule has 2 atom stereocenters. The second-order valence-corrected chi connectivity index (χ2v) is 8.16. The molecule has 1 saturated carbocycles. The first-order valence-electron chi connectivity index (χ1n) is 7.65. The molecule has 2 aromatic rings. The largest absolute Gasteiger partial charge is 0.306 e. The molecule has 1 N–H and O–H groups in total. The lowest BCUT2D eigenvalue weighted by atomic mass is 10.0. The fourth-order valence-corrected chi connectivity index (χ4v) is 3.54. The lowest BCUT2D eigenvalue weighted by molar-refractivity contribution is 0.480. The van der Waals surface area contributed by atoms with Gasteiger partial charge in [0.15, 0.2) is 0 Å². The van der Waals surface area contributed by atoms with E-state index in [2.05, 4.69) is 5.32 Å². The summed E-state index contributed by atoms with van der Waals surface area (Å²) in [5, 5.41) is 4.83. The van der Waals surface area contributed by atoms with E-state index >= 15 is 0 Å². The summed E-state index contributed by atoms with van der Waals surface area (Å²) in [4.78, 5) is 0.858. The summed E-state index contributed by atoms with van der Waals surface area (Å²) in [6, 6.07) is 14.1. The summed E-state index contributed by atoms with van der Waals surface area (Å²) < 4.78 is 11.4. The Morgan fingerprint density at radius 1 is 1.13 bits per heavy atom. The normalized spacial score (nSPS) is 17.0. The van der Waals surface area contributed by atoms with E-state index in [0.29, 0.717) is 22.0 Å². The molecule has 0 aromatic heterocycles. The zero-order chi connectivity index (χ0) is 16.4. The minimum absolute atomic E-state index is 0.296. The Bertz CT molecular complexity index is 713. The summed E-state index contributed by atoms with van der Waals surface area (Å²) >= 11 is 12.2. The van der Waals surface area contributed by atoms with Gasteiger partial charge in [-0.25, -0.2) is 0 Å². The second-order valence-electron chi connectivity index (χ2n) is 5.97. The number of hydrogen-bond donors (Lipinski definition) is 1. The van der Waals surface area contributed by atoms with E-state index in [1.165, 1.54) is 24.0 Å². The van der Waals surface area contributed by atoms with Gasteiger partial charge >= 0.3 is 0 Å². The molecular weight excluding hydrogens is 349 g/mol. The first kappa shape index (κ1) is 17.0. The first-order chi connectivity index (χ1) is 11.0. The maximum absolute atomic E-state index is 11.4. The average Bonchev–Trinajstić information content (AvgIpc) is 3.36. The summed E-state index contributed by atoms with van der Waals surface area (Å²) in [7, 11) is -0.929. The Hall–Kier alpha value is -0.870. The van der Waals surface area contributed by atoms with Crippen LogP contribution in [0, 0.1) is 5.92 Å². The number of nitrogens with one attached hydrogen (secondary N) is 1. The smallest absolute Gasteiger partial charge is 0.0595 e. The lowest BCUT2D eigenvalue weighted by Gasteiger charge is -2.19. The van der Waals surface area contributed by atoms with Gasteiger partial charge in [-0.05, 0) is 54.2 Å². The Morgan fingerprint density at radius 3 is 2.39 bits per heavy atom. The highest BCUT2D eigenvalue weighted by atomic mass is 35.5. The summed E-state index contributed by atoms with van der Waals surface area (Å²) in [6.07, 6.45) is 4.18. The van der Waals surface area contributed by atoms with Gasteiger partial charge in [-0.3, -0.25) is 4.21 Å². The van der Waals surface area contributed by atoms with Crippen LogP contribution in [0.1, 0.15) is 30.0 Å². The molecule has 2 nitrogen and oxygen atoms in total. The molecule has 0 unspecified atom stereocenters. The standard InChI is InChI=1S/C18H19Cl2NOS/c1-23(22)15-7-2-12(3-8-15)11-21-18(13-4-5-13)14-6-9-16(19)17(20)10-14/h2-3,6-10,13,18,21H,4-5,11H2,1H3/t18-,23+/m1/s1. The van der Waals surface area contributed by atoms with Crippen LogP contribution in [0.2, 0.25) is 10.0 Å². The molecule has 5 heteroatoms. The number of rotatable bonds is 6. The quantitative estimate of drug-likeness (QED) is 0.780. The van der Waals surface area contributed by atoms with E-state index in [-0.39, 0.29) is 0 Å². The third-order valence-electron chi connectivity index (χ3n) is 4.18. The molecule has 0 spiro atoms. The number of hydrogen-bond acceptors (Lipinski definition) is 2. The molecule has 1 aliphatic rings. The van der Waals surface area contributed by atoms with Gasteiger partial charge in [-0.15, -0.1) is 0 Å². The molecule has 0 saturated heterocycles. The van der Waals surface area contributed by atoms with E-state index in [9.17, 15) is 4.21 Å². The highest BCUT2D eigenvalue weighted by molar-refractivity contribution is 7.84. The van der Waals surface area contributed by atoms with Crippen LogP contribution >= 0.6 is 23.2 Å². The van der Waals surface area contributed by atoms with Crippen LogP contribution in [0.5, 0.6) is 0 Å². The Labute approximate surface area is 149 Å². The van der Waals surface area contributed by atoms with Gasteiger partial charge in [0.1, 0.15) is 0 Å². The zero-order valence-electron chi connectivity index (χ0n) is 12.9. The van der Waals surface area contributed by atoms with Crippen molar-refractivity contribution in [1.82, 2.24) is 5.32 Å². The van der Waals surface area contributed by atoms with Crippen molar-refractivity contribution >= 4 is 34.0 Å². The van der Waals surface area contributed by atoms with Crippen molar-refractivity contribution in [3.63, 3.8) is 0 Å². The van der Waals surface area contributed by atoms with Crippen LogP contribution in [-0.2, 0) is 17.3 Å². The number of halogens is 2. The summed E-state index contributed by atoms with van der Waals surface area (Å²) in [6.45, 7) is 0.776. The predicted molar refractivity (Wildman–Crippen MR) is 97.5 cm³/mol. The zero-order valence-corrected chi connectivity index (χ0v) is 15.2. The van der Waals surface area contributed by atoms with E-state index in [1.54, 1.807) is 6.26 Å². The van der Waals surface area contributed by atoms with Gasteiger partial charge in [-0.1, -0.05) is 41.4 Å². The average molecular weight is 368 g/mol. The summed E-state index contributed by atoms with van der Waals surface area (Å²) in [5.41, 5.74) is 2.37. The maximum atomic E-state index is 11.4. The highest BCUT2D eigenvalue weighted by Crippen LogP contribution is 2.42. The fourth-order valence-electron chi connectivity index (χ4n) is 2.72. The Morgan fingerprint density at radius 2 is 1.83 bits per heavy atom. The van der Waals surface area contributed by atoms with Crippen LogP contribution in [0.4, 0.5) is 0 Å². The minimum Gasteiger partial charge on any atom is -0.306 e. The van der Waals surface area contributed by atoms with Gasteiger partial charge in [-0.2, -0.15) is 0 Å². The molecule has 3 rings (SSSR count). The molecule has 1 aliphatic carbocycles. The SMILES string of the molecule is C[S@](=O)c1ccc(CN[C@@H](c2ccc(Cl)c(Cl)c2)C2CC2)cc1. The molecule has 1 fully saturated rings. The van der Waals surface area contributed by atoms with E-state index in [4.69, 9.17) is 23.2 Å². The van der Waals surface area contributed by atoms with E-state index in [0.717, 1.165) is 11.4 Å². The molecule has 0 aliphatic heterocycles. The summed E-state index contributed by atoms with van der Waals surface area (Å²) in [5.74, 6) is 0.662. The molecular formula is C18H19Cl2NOS. The van der Waals surface area contributed by atoms with E-state index in [1.807, 2.05) is 42.5 Å². The van der Waals surface area contributed by atoms with Gasteiger partial charge < -0.3 is 5.32 Å². The maximum Gasteiger partial charge on any atom is 0.0595 e. The molecule has 0 amide bonds. The van der Waals surface area contributed by atoms with Crippen molar-refractivity contribution < 1.29 is 4.21 Å². The van der Waals surface area contributed by atoms with E-state index < -0.39 is 10.8 Å².